The quantitative estimate of drug-likeness (QED) is 0.394. The van der Waals surface area contributed by atoms with E-state index in [0.29, 0.717) is 5.56 Å². The molecular weight excluding hydrogens is 407 g/mol. The average Bonchev–Trinajstić information content (AvgIpc) is 2.87. The van der Waals surface area contributed by atoms with Gasteiger partial charge in [-0.05, 0) is 35.9 Å². The van der Waals surface area contributed by atoms with Crippen molar-refractivity contribution in [3.05, 3.63) is 73.9 Å². The maximum Gasteiger partial charge on any atom is 0.272 e. The number of amides is 2. The van der Waals surface area contributed by atoms with Crippen molar-refractivity contribution in [3.63, 3.8) is 0 Å². The molecule has 144 valence electrons. The summed E-state index contributed by atoms with van der Waals surface area (Å²) in [6.45, 7) is 3.75. The third-order valence-corrected chi connectivity index (χ3v) is 5.30. The Bertz CT molecular complexity index is 1020. The number of halogens is 2. The number of hydrogen-bond acceptors (Lipinski definition) is 5. The largest absolute Gasteiger partial charge is 0.272 e. The first-order chi connectivity index (χ1) is 13.2. The molecule has 3 rings (SSSR count). The van der Waals surface area contributed by atoms with Crippen LogP contribution in [0.3, 0.4) is 0 Å². The van der Waals surface area contributed by atoms with E-state index >= 15 is 0 Å². The third-order valence-electron chi connectivity index (χ3n) is 3.92. The fraction of sp³-hybridized carbons (Fsp3) is 0.158. The second-order valence-corrected chi connectivity index (χ2v) is 8.21. The van der Waals surface area contributed by atoms with E-state index in [9.17, 15) is 24.1 Å². The van der Waals surface area contributed by atoms with E-state index in [1.54, 1.807) is 0 Å². The molecule has 6 nitrogen and oxygen atoms in total. The van der Waals surface area contributed by atoms with Gasteiger partial charge < -0.3 is 0 Å². The lowest BCUT2D eigenvalue weighted by molar-refractivity contribution is -0.384. The zero-order valence-electron chi connectivity index (χ0n) is 14.8. The standard InChI is InChI=1S/C19H14ClFN2O4S/c1-10(2)28-17-16(11-3-5-12(6-4-11)23(26)27)18(24)22(19(17)25)13-7-8-15(21)14(20)9-13/h3-10H,1-2H3. The van der Waals surface area contributed by atoms with Crippen LogP contribution in [0.15, 0.2) is 47.4 Å². The highest BCUT2D eigenvalue weighted by Crippen LogP contribution is 2.40. The van der Waals surface area contributed by atoms with E-state index in [4.69, 9.17) is 11.6 Å². The minimum atomic E-state index is -0.662. The molecule has 1 aliphatic rings. The second-order valence-electron chi connectivity index (χ2n) is 6.22. The van der Waals surface area contributed by atoms with Crippen LogP contribution in [0.2, 0.25) is 5.02 Å². The summed E-state index contributed by atoms with van der Waals surface area (Å²) in [5.41, 5.74) is 0.573. The molecule has 0 radical (unpaired) electrons. The Balaban J connectivity index is 2.09. The zero-order chi connectivity index (χ0) is 20.6. The number of carbonyl (C=O) groups excluding carboxylic acids is 2. The molecule has 0 fully saturated rings. The summed E-state index contributed by atoms with van der Waals surface area (Å²) < 4.78 is 13.5. The van der Waals surface area contributed by atoms with Crippen LogP contribution in [0.4, 0.5) is 15.8 Å². The lowest BCUT2D eigenvalue weighted by Gasteiger charge is -2.16. The zero-order valence-corrected chi connectivity index (χ0v) is 16.4. The van der Waals surface area contributed by atoms with Crippen molar-refractivity contribution in [2.75, 3.05) is 4.90 Å². The molecule has 0 aromatic heterocycles. The van der Waals surface area contributed by atoms with Gasteiger partial charge >= 0.3 is 0 Å². The van der Waals surface area contributed by atoms with Crippen molar-refractivity contribution in [3.8, 4) is 0 Å². The van der Waals surface area contributed by atoms with Gasteiger partial charge in [-0.3, -0.25) is 19.7 Å². The first-order valence-electron chi connectivity index (χ1n) is 8.20. The van der Waals surface area contributed by atoms with E-state index in [-0.39, 0.29) is 32.1 Å². The minimum absolute atomic E-state index is 0.0107. The molecule has 9 heteroatoms. The van der Waals surface area contributed by atoms with Gasteiger partial charge in [0.2, 0.25) is 0 Å². The topological polar surface area (TPSA) is 80.5 Å². The van der Waals surface area contributed by atoms with Crippen molar-refractivity contribution >= 4 is 52.1 Å². The predicted molar refractivity (Wildman–Crippen MR) is 107 cm³/mol. The number of thioether (sulfide) groups is 1. The minimum Gasteiger partial charge on any atom is -0.268 e. The van der Waals surface area contributed by atoms with Gasteiger partial charge in [-0.15, -0.1) is 11.8 Å². The molecule has 0 saturated heterocycles. The Kier molecular flexibility index (Phi) is 5.53. The van der Waals surface area contributed by atoms with Gasteiger partial charge in [0.1, 0.15) is 5.82 Å². The van der Waals surface area contributed by atoms with Crippen LogP contribution in [-0.2, 0) is 9.59 Å². The van der Waals surface area contributed by atoms with E-state index < -0.39 is 22.6 Å². The normalized spacial score (nSPS) is 14.4. The van der Waals surface area contributed by atoms with Crippen molar-refractivity contribution in [1.82, 2.24) is 0 Å². The monoisotopic (exact) mass is 420 g/mol. The Morgan fingerprint density at radius 3 is 2.29 bits per heavy atom. The van der Waals surface area contributed by atoms with Crippen molar-refractivity contribution in [2.24, 2.45) is 0 Å². The van der Waals surface area contributed by atoms with Gasteiger partial charge in [0, 0.05) is 17.4 Å². The number of carbonyl (C=O) groups is 2. The number of hydrogen-bond donors (Lipinski definition) is 0. The molecule has 0 atom stereocenters. The van der Waals surface area contributed by atoms with Gasteiger partial charge in [0.15, 0.2) is 0 Å². The predicted octanol–water partition coefficient (Wildman–Crippen LogP) is 4.81. The highest BCUT2D eigenvalue weighted by Gasteiger charge is 2.40. The number of nitro benzene ring substituents is 1. The number of nitrogens with zero attached hydrogens (tertiary/aromatic N) is 2. The van der Waals surface area contributed by atoms with Crippen molar-refractivity contribution in [2.45, 2.75) is 19.1 Å². The molecular formula is C19H14ClFN2O4S. The lowest BCUT2D eigenvalue weighted by atomic mass is 10.1. The fourth-order valence-electron chi connectivity index (χ4n) is 2.72. The van der Waals surface area contributed by atoms with Crippen molar-refractivity contribution in [1.29, 1.82) is 0 Å². The van der Waals surface area contributed by atoms with Crippen molar-refractivity contribution < 1.29 is 18.9 Å². The molecule has 0 spiro atoms. The molecule has 28 heavy (non-hydrogen) atoms. The van der Waals surface area contributed by atoms with Crippen LogP contribution in [-0.4, -0.2) is 22.0 Å². The Labute approximate surface area is 169 Å². The third kappa shape index (κ3) is 3.65. The van der Waals surface area contributed by atoms with E-state index in [1.807, 2.05) is 13.8 Å². The van der Waals surface area contributed by atoms with Gasteiger partial charge in [0.05, 0.1) is 26.1 Å². The molecule has 0 saturated carbocycles. The second kappa shape index (κ2) is 7.73. The number of benzene rings is 2. The summed E-state index contributed by atoms with van der Waals surface area (Å²) >= 11 is 7.02. The average molecular weight is 421 g/mol. The first-order valence-corrected chi connectivity index (χ1v) is 9.46. The van der Waals surface area contributed by atoms with Gasteiger partial charge in [-0.2, -0.15) is 0 Å². The molecule has 0 aliphatic carbocycles. The number of imide groups is 1. The summed E-state index contributed by atoms with van der Waals surface area (Å²) in [5, 5.41) is 10.7. The summed E-state index contributed by atoms with van der Waals surface area (Å²) in [6.07, 6.45) is 0. The van der Waals surface area contributed by atoms with Crippen LogP contribution in [0, 0.1) is 15.9 Å². The van der Waals surface area contributed by atoms with E-state index in [1.165, 1.54) is 48.2 Å². The van der Waals surface area contributed by atoms with E-state index in [0.717, 1.165) is 11.0 Å². The van der Waals surface area contributed by atoms with Crippen LogP contribution in [0.5, 0.6) is 0 Å². The van der Waals surface area contributed by atoms with Crippen LogP contribution in [0.25, 0.3) is 5.57 Å². The van der Waals surface area contributed by atoms with Gasteiger partial charge in [-0.1, -0.05) is 25.4 Å². The maximum absolute atomic E-state index is 13.5. The summed E-state index contributed by atoms with van der Waals surface area (Å²) in [4.78, 5) is 37.6. The SMILES string of the molecule is CC(C)SC1=C(c2ccc([N+](=O)[O-])cc2)C(=O)N(c2ccc(F)c(Cl)c2)C1=O. The highest BCUT2D eigenvalue weighted by molar-refractivity contribution is 8.04. The Morgan fingerprint density at radius 1 is 1.11 bits per heavy atom. The number of rotatable bonds is 5. The number of nitro groups is 1. The molecule has 2 amide bonds. The fourth-order valence-corrected chi connectivity index (χ4v) is 3.88. The lowest BCUT2D eigenvalue weighted by Crippen LogP contribution is -2.31. The van der Waals surface area contributed by atoms with Gasteiger partial charge in [0.25, 0.3) is 17.5 Å². The van der Waals surface area contributed by atoms with E-state index in [2.05, 4.69) is 0 Å². The number of non-ortho nitro benzene ring substituents is 1. The summed E-state index contributed by atoms with van der Waals surface area (Å²) in [5.74, 6) is -1.80. The molecule has 0 N–H and O–H groups in total. The summed E-state index contributed by atoms with van der Waals surface area (Å²) in [7, 11) is 0. The van der Waals surface area contributed by atoms with Crippen LogP contribution >= 0.6 is 23.4 Å². The molecule has 0 unspecified atom stereocenters. The highest BCUT2D eigenvalue weighted by atomic mass is 35.5. The first kappa shape index (κ1) is 20.0. The smallest absolute Gasteiger partial charge is 0.268 e. The molecule has 0 bridgehead atoms. The molecule has 2 aromatic rings. The van der Waals surface area contributed by atoms with Crippen LogP contribution in [0.1, 0.15) is 19.4 Å². The maximum atomic E-state index is 13.5. The molecule has 1 aliphatic heterocycles. The summed E-state index contributed by atoms with van der Waals surface area (Å²) in [6, 6.07) is 9.00. The molecule has 1 heterocycles. The molecule has 2 aromatic carbocycles. The Hall–Kier alpha value is -2.71. The Morgan fingerprint density at radius 2 is 1.75 bits per heavy atom. The van der Waals surface area contributed by atoms with Gasteiger partial charge in [-0.25, -0.2) is 9.29 Å². The number of anilines is 1. The van der Waals surface area contributed by atoms with Crippen LogP contribution < -0.4 is 4.90 Å².